The highest BCUT2D eigenvalue weighted by molar-refractivity contribution is 8.00. The molecule has 25 heavy (non-hydrogen) atoms. The van der Waals surface area contributed by atoms with E-state index < -0.39 is 0 Å². The first-order valence-corrected chi connectivity index (χ1v) is 11.9. The SMILES string of the molecule is CCCCn1c(SCc2nnc(SC)s2)nc2sc(C)c(C)c2c1=O. The molecule has 3 rings (SSSR count). The van der Waals surface area contributed by atoms with Crippen molar-refractivity contribution in [2.75, 3.05) is 6.26 Å². The predicted molar refractivity (Wildman–Crippen MR) is 110 cm³/mol. The predicted octanol–water partition coefficient (Wildman–Crippen LogP) is 4.74. The van der Waals surface area contributed by atoms with Gasteiger partial charge < -0.3 is 0 Å². The molecule has 0 radical (unpaired) electrons. The maximum Gasteiger partial charge on any atom is 0.263 e. The van der Waals surface area contributed by atoms with Gasteiger partial charge in [0, 0.05) is 11.4 Å². The quantitative estimate of drug-likeness (QED) is 0.413. The number of rotatable bonds is 7. The van der Waals surface area contributed by atoms with Crippen LogP contribution < -0.4 is 5.56 Å². The first-order valence-electron chi connectivity index (χ1n) is 8.04. The molecular weight excluding hydrogens is 392 g/mol. The van der Waals surface area contributed by atoms with Crippen LogP contribution in [0.2, 0.25) is 0 Å². The maximum atomic E-state index is 13.0. The number of aromatic nitrogens is 4. The van der Waals surface area contributed by atoms with Crippen molar-refractivity contribution in [3.05, 3.63) is 25.8 Å². The fourth-order valence-corrected chi connectivity index (χ4v) is 5.83. The molecule has 9 heteroatoms. The van der Waals surface area contributed by atoms with Gasteiger partial charge in [-0.1, -0.05) is 48.2 Å². The van der Waals surface area contributed by atoms with Crippen LogP contribution in [0.3, 0.4) is 0 Å². The summed E-state index contributed by atoms with van der Waals surface area (Å²) in [5.74, 6) is 0.686. The Morgan fingerprint density at radius 3 is 2.68 bits per heavy atom. The second-order valence-electron chi connectivity index (χ2n) is 5.62. The minimum absolute atomic E-state index is 0.0878. The van der Waals surface area contributed by atoms with Crippen molar-refractivity contribution in [1.82, 2.24) is 19.7 Å². The van der Waals surface area contributed by atoms with Crippen LogP contribution in [0, 0.1) is 13.8 Å². The summed E-state index contributed by atoms with van der Waals surface area (Å²) in [4.78, 5) is 19.9. The van der Waals surface area contributed by atoms with Crippen molar-refractivity contribution in [2.24, 2.45) is 0 Å². The van der Waals surface area contributed by atoms with E-state index in [-0.39, 0.29) is 5.56 Å². The van der Waals surface area contributed by atoms with Gasteiger partial charge in [-0.2, -0.15) is 0 Å². The van der Waals surface area contributed by atoms with Crippen LogP contribution in [0.15, 0.2) is 14.3 Å². The summed E-state index contributed by atoms with van der Waals surface area (Å²) in [6.45, 7) is 6.91. The van der Waals surface area contributed by atoms with Crippen molar-refractivity contribution in [3.63, 3.8) is 0 Å². The fourth-order valence-electron chi connectivity index (χ4n) is 2.44. The summed E-state index contributed by atoms with van der Waals surface area (Å²) < 4.78 is 2.80. The van der Waals surface area contributed by atoms with Crippen molar-refractivity contribution >= 4 is 56.4 Å². The highest BCUT2D eigenvalue weighted by atomic mass is 32.2. The third-order valence-electron chi connectivity index (χ3n) is 3.94. The molecule has 0 unspecified atom stereocenters. The Balaban J connectivity index is 1.98. The number of hydrogen-bond acceptors (Lipinski definition) is 8. The summed E-state index contributed by atoms with van der Waals surface area (Å²) in [5.41, 5.74) is 1.15. The second kappa shape index (κ2) is 8.20. The average molecular weight is 413 g/mol. The largest absolute Gasteiger partial charge is 0.287 e. The maximum absolute atomic E-state index is 13.0. The number of thiophene rings is 1. The second-order valence-corrected chi connectivity index (χ2v) is 9.88. The Labute approximate surface area is 163 Å². The molecule has 3 aromatic heterocycles. The van der Waals surface area contributed by atoms with E-state index in [4.69, 9.17) is 4.98 Å². The molecule has 5 nitrogen and oxygen atoms in total. The van der Waals surface area contributed by atoms with Crippen LogP contribution in [0.5, 0.6) is 0 Å². The molecule has 0 saturated heterocycles. The molecule has 134 valence electrons. The highest BCUT2D eigenvalue weighted by Crippen LogP contribution is 2.30. The van der Waals surface area contributed by atoms with Gasteiger partial charge in [0.2, 0.25) is 0 Å². The number of nitrogens with zero attached hydrogens (tertiary/aromatic N) is 4. The third-order valence-corrected chi connectivity index (χ3v) is 8.11. The minimum atomic E-state index is 0.0878. The Bertz CT molecular complexity index is 944. The molecule has 0 atom stereocenters. The van der Waals surface area contributed by atoms with Crippen LogP contribution in [-0.2, 0) is 12.3 Å². The summed E-state index contributed by atoms with van der Waals surface area (Å²) in [7, 11) is 0. The van der Waals surface area contributed by atoms with Crippen molar-refractivity contribution in [2.45, 2.75) is 55.4 Å². The monoisotopic (exact) mass is 412 g/mol. The van der Waals surface area contributed by atoms with Gasteiger partial charge in [-0.3, -0.25) is 9.36 Å². The number of fused-ring (bicyclic) bond motifs is 1. The van der Waals surface area contributed by atoms with Gasteiger partial charge in [-0.15, -0.1) is 21.5 Å². The lowest BCUT2D eigenvalue weighted by atomic mass is 10.2. The summed E-state index contributed by atoms with van der Waals surface area (Å²) in [5, 5.41) is 10.9. The van der Waals surface area contributed by atoms with Gasteiger partial charge in [0.05, 0.1) is 11.1 Å². The molecule has 0 amide bonds. The molecular formula is C16H20N4OS4. The standard InChI is InChI=1S/C16H20N4OS4/c1-5-6-7-20-14(21)12-9(2)10(3)24-13(12)17-15(20)23-8-11-18-19-16(22-4)25-11/h5-8H2,1-4H3. The summed E-state index contributed by atoms with van der Waals surface area (Å²) in [6, 6.07) is 0. The molecule has 0 spiro atoms. The lowest BCUT2D eigenvalue weighted by Gasteiger charge is -2.11. The summed E-state index contributed by atoms with van der Waals surface area (Å²) in [6.07, 6.45) is 4.01. The summed E-state index contributed by atoms with van der Waals surface area (Å²) >= 11 is 6.38. The van der Waals surface area contributed by atoms with Gasteiger partial charge in [0.1, 0.15) is 9.84 Å². The molecule has 0 aliphatic carbocycles. The van der Waals surface area contributed by atoms with Gasteiger partial charge in [-0.25, -0.2) is 4.98 Å². The Morgan fingerprint density at radius 2 is 2.00 bits per heavy atom. The molecule has 0 saturated carbocycles. The Hall–Kier alpha value is -0.900. The molecule has 0 aliphatic heterocycles. The zero-order valence-corrected chi connectivity index (χ0v) is 17.9. The first-order chi connectivity index (χ1) is 12.0. The van der Waals surface area contributed by atoms with Crippen molar-refractivity contribution < 1.29 is 0 Å². The van der Waals surface area contributed by atoms with Crippen molar-refractivity contribution in [3.8, 4) is 0 Å². The van der Waals surface area contributed by atoms with E-state index in [0.29, 0.717) is 12.3 Å². The Morgan fingerprint density at radius 1 is 1.20 bits per heavy atom. The minimum Gasteiger partial charge on any atom is -0.287 e. The smallest absolute Gasteiger partial charge is 0.263 e. The highest BCUT2D eigenvalue weighted by Gasteiger charge is 2.17. The van der Waals surface area contributed by atoms with E-state index in [9.17, 15) is 4.79 Å². The number of aryl methyl sites for hydroxylation is 2. The van der Waals surface area contributed by atoms with Crippen LogP contribution in [0.25, 0.3) is 10.2 Å². The molecule has 3 aromatic rings. The topological polar surface area (TPSA) is 60.7 Å². The molecule has 0 N–H and O–H groups in total. The zero-order valence-electron chi connectivity index (χ0n) is 14.7. The van der Waals surface area contributed by atoms with Crippen LogP contribution in [-0.4, -0.2) is 26.0 Å². The van der Waals surface area contributed by atoms with Gasteiger partial charge in [-0.05, 0) is 32.1 Å². The van der Waals surface area contributed by atoms with Crippen molar-refractivity contribution in [1.29, 1.82) is 0 Å². The Kier molecular flexibility index (Phi) is 6.19. The third kappa shape index (κ3) is 3.94. The zero-order chi connectivity index (χ0) is 18.0. The lowest BCUT2D eigenvalue weighted by Crippen LogP contribution is -2.23. The lowest BCUT2D eigenvalue weighted by molar-refractivity contribution is 0.558. The van der Waals surface area contributed by atoms with Crippen LogP contribution >= 0.6 is 46.2 Å². The normalized spacial score (nSPS) is 11.5. The van der Waals surface area contributed by atoms with Gasteiger partial charge in [0.15, 0.2) is 9.50 Å². The first kappa shape index (κ1) is 18.9. The molecule has 0 aliphatic rings. The number of unbranched alkanes of at least 4 members (excludes halogenated alkanes) is 1. The van der Waals surface area contributed by atoms with Gasteiger partial charge in [0.25, 0.3) is 5.56 Å². The number of hydrogen-bond donors (Lipinski definition) is 0. The van der Waals surface area contributed by atoms with E-state index in [0.717, 1.165) is 48.0 Å². The average Bonchev–Trinajstić information content (AvgIpc) is 3.17. The van der Waals surface area contributed by atoms with Gasteiger partial charge >= 0.3 is 0 Å². The fraction of sp³-hybridized carbons (Fsp3) is 0.500. The van der Waals surface area contributed by atoms with E-state index in [2.05, 4.69) is 24.0 Å². The number of thioether (sulfide) groups is 2. The van der Waals surface area contributed by atoms with E-state index in [1.165, 1.54) is 0 Å². The molecule has 3 heterocycles. The molecule has 0 aromatic carbocycles. The molecule has 0 bridgehead atoms. The van der Waals surface area contributed by atoms with E-state index in [1.807, 2.05) is 17.7 Å². The van der Waals surface area contributed by atoms with Crippen LogP contribution in [0.4, 0.5) is 0 Å². The van der Waals surface area contributed by atoms with E-state index in [1.54, 1.807) is 46.2 Å². The van der Waals surface area contributed by atoms with E-state index >= 15 is 0 Å². The van der Waals surface area contributed by atoms with Crippen LogP contribution in [0.1, 0.15) is 35.2 Å². The molecule has 0 fully saturated rings.